The van der Waals surface area contributed by atoms with Crippen molar-refractivity contribution in [1.82, 2.24) is 10.6 Å². The molecule has 1 saturated heterocycles. The van der Waals surface area contributed by atoms with Crippen molar-refractivity contribution in [3.63, 3.8) is 0 Å². The predicted molar refractivity (Wildman–Crippen MR) is 105 cm³/mol. The number of rotatable bonds is 8. The third-order valence-electron chi connectivity index (χ3n) is 5.25. The van der Waals surface area contributed by atoms with Gasteiger partial charge in [-0.25, -0.2) is 0 Å². The Bertz CT molecular complexity index is 704. The van der Waals surface area contributed by atoms with Crippen LogP contribution in [0.1, 0.15) is 42.0 Å². The third kappa shape index (κ3) is 5.39. The van der Waals surface area contributed by atoms with Gasteiger partial charge in [-0.2, -0.15) is 0 Å². The SMILES string of the molecule is CNCC1NCc2cc(CS(=O)C[C@H]3CC[C@@H](CC(=O)O)OB3O)ccc21. The van der Waals surface area contributed by atoms with Crippen LogP contribution in [0.5, 0.6) is 0 Å². The van der Waals surface area contributed by atoms with Crippen molar-refractivity contribution in [3.8, 4) is 0 Å². The predicted octanol–water partition coefficient (Wildman–Crippen LogP) is 0.803. The van der Waals surface area contributed by atoms with Gasteiger partial charge in [0.05, 0.1) is 12.5 Å². The van der Waals surface area contributed by atoms with E-state index in [0.29, 0.717) is 30.4 Å². The molecule has 2 unspecified atom stereocenters. The smallest absolute Gasteiger partial charge is 0.458 e. The van der Waals surface area contributed by atoms with Crippen LogP contribution in [0.3, 0.4) is 0 Å². The summed E-state index contributed by atoms with van der Waals surface area (Å²) in [6.07, 6.45) is 0.634. The van der Waals surface area contributed by atoms with Gasteiger partial charge in [-0.3, -0.25) is 9.00 Å². The van der Waals surface area contributed by atoms with Crippen LogP contribution < -0.4 is 10.6 Å². The first kappa shape index (κ1) is 20.5. The third-order valence-corrected chi connectivity index (χ3v) is 6.71. The summed E-state index contributed by atoms with van der Waals surface area (Å²) in [5.41, 5.74) is 3.58. The summed E-state index contributed by atoms with van der Waals surface area (Å²) in [4.78, 5) is 10.8. The molecule has 0 saturated carbocycles. The highest BCUT2D eigenvalue weighted by atomic mass is 32.2. The van der Waals surface area contributed by atoms with E-state index in [0.717, 1.165) is 18.7 Å². The number of hydrogen-bond acceptors (Lipinski definition) is 6. The summed E-state index contributed by atoms with van der Waals surface area (Å²) in [7, 11) is -0.217. The van der Waals surface area contributed by atoms with E-state index in [1.54, 1.807) is 0 Å². The Hall–Kier alpha value is -1.26. The van der Waals surface area contributed by atoms with Gasteiger partial charge < -0.3 is 25.4 Å². The minimum absolute atomic E-state index is 0.107. The molecule has 1 fully saturated rings. The number of carboxylic acid groups (broad SMARTS) is 1. The average molecular weight is 394 g/mol. The van der Waals surface area contributed by atoms with E-state index in [1.807, 2.05) is 13.1 Å². The number of benzene rings is 1. The molecule has 3 rings (SSSR count). The number of likely N-dealkylation sites (N-methyl/N-ethyl adjacent to an activating group) is 1. The quantitative estimate of drug-likeness (QED) is 0.483. The van der Waals surface area contributed by atoms with E-state index in [1.165, 1.54) is 11.1 Å². The fraction of sp³-hybridized carbons (Fsp3) is 0.611. The number of carboxylic acids is 1. The summed E-state index contributed by atoms with van der Waals surface area (Å²) >= 11 is 0. The largest absolute Gasteiger partial charge is 0.481 e. The second-order valence-corrected chi connectivity index (χ2v) is 8.86. The second-order valence-electron chi connectivity index (χ2n) is 7.36. The molecule has 27 heavy (non-hydrogen) atoms. The maximum absolute atomic E-state index is 12.6. The molecule has 9 heteroatoms. The van der Waals surface area contributed by atoms with Crippen LogP contribution >= 0.6 is 0 Å². The molecule has 4 atom stereocenters. The monoisotopic (exact) mass is 394 g/mol. The Morgan fingerprint density at radius 1 is 1.44 bits per heavy atom. The summed E-state index contributed by atoms with van der Waals surface area (Å²) in [6.45, 7) is 1.70. The van der Waals surface area contributed by atoms with E-state index in [9.17, 15) is 14.0 Å². The molecule has 4 N–H and O–H groups in total. The van der Waals surface area contributed by atoms with Gasteiger partial charge in [0, 0.05) is 47.3 Å². The van der Waals surface area contributed by atoms with Crippen molar-refractivity contribution in [2.24, 2.45) is 0 Å². The maximum atomic E-state index is 12.6. The highest BCUT2D eigenvalue weighted by Gasteiger charge is 2.36. The van der Waals surface area contributed by atoms with Gasteiger partial charge in [0.15, 0.2) is 0 Å². The zero-order chi connectivity index (χ0) is 19.4. The van der Waals surface area contributed by atoms with Gasteiger partial charge in [0.25, 0.3) is 0 Å². The Balaban J connectivity index is 1.52. The highest BCUT2D eigenvalue weighted by molar-refractivity contribution is 7.84. The van der Waals surface area contributed by atoms with Crippen molar-refractivity contribution < 1.29 is 23.8 Å². The van der Waals surface area contributed by atoms with Crippen LogP contribution in [0.15, 0.2) is 18.2 Å². The van der Waals surface area contributed by atoms with Gasteiger partial charge in [0.1, 0.15) is 0 Å². The molecule has 1 aromatic carbocycles. The number of carbonyl (C=O) groups is 1. The number of fused-ring (bicyclic) bond motifs is 1. The lowest BCUT2D eigenvalue weighted by molar-refractivity contribution is -0.139. The normalized spacial score (nSPS) is 26.0. The lowest BCUT2D eigenvalue weighted by Crippen LogP contribution is -2.39. The summed E-state index contributed by atoms with van der Waals surface area (Å²) in [5.74, 6) is -0.339. The van der Waals surface area contributed by atoms with Crippen LogP contribution in [-0.4, -0.2) is 52.9 Å². The molecule has 0 amide bonds. The molecule has 0 aromatic heterocycles. The van der Waals surface area contributed by atoms with Crippen molar-refractivity contribution in [2.75, 3.05) is 19.3 Å². The Morgan fingerprint density at radius 2 is 2.26 bits per heavy atom. The first-order chi connectivity index (χ1) is 13.0. The average Bonchev–Trinajstić information content (AvgIpc) is 2.99. The second kappa shape index (κ2) is 9.29. The van der Waals surface area contributed by atoms with Crippen molar-refractivity contribution >= 4 is 23.9 Å². The number of nitrogens with one attached hydrogen (secondary N) is 2. The first-order valence-corrected chi connectivity index (χ1v) is 10.8. The molecule has 2 aliphatic rings. The Morgan fingerprint density at radius 3 is 2.96 bits per heavy atom. The fourth-order valence-electron chi connectivity index (χ4n) is 3.88. The zero-order valence-electron chi connectivity index (χ0n) is 15.5. The molecular weight excluding hydrogens is 367 g/mol. The Labute approximate surface area is 162 Å². The first-order valence-electron chi connectivity index (χ1n) is 9.36. The van der Waals surface area contributed by atoms with E-state index < -0.39 is 30.0 Å². The van der Waals surface area contributed by atoms with Gasteiger partial charge >= 0.3 is 13.1 Å². The number of aliphatic carboxylic acids is 1. The van der Waals surface area contributed by atoms with Crippen LogP contribution in [0.4, 0.5) is 0 Å². The fourth-order valence-corrected chi connectivity index (χ4v) is 5.36. The van der Waals surface area contributed by atoms with Crippen LogP contribution in [0.2, 0.25) is 5.82 Å². The van der Waals surface area contributed by atoms with Gasteiger partial charge in [-0.15, -0.1) is 0 Å². The topological polar surface area (TPSA) is 108 Å². The van der Waals surface area contributed by atoms with Gasteiger partial charge in [0.2, 0.25) is 0 Å². The molecule has 2 heterocycles. The van der Waals surface area contributed by atoms with E-state index in [-0.39, 0.29) is 12.2 Å². The lowest BCUT2D eigenvalue weighted by Gasteiger charge is -2.30. The van der Waals surface area contributed by atoms with Crippen LogP contribution in [0, 0.1) is 0 Å². The molecule has 0 bridgehead atoms. The molecular formula is C18H27BN2O5S. The van der Waals surface area contributed by atoms with E-state index >= 15 is 0 Å². The summed E-state index contributed by atoms with van der Waals surface area (Å²) in [6, 6.07) is 6.58. The van der Waals surface area contributed by atoms with Crippen molar-refractivity contribution in [3.05, 3.63) is 34.9 Å². The zero-order valence-corrected chi connectivity index (χ0v) is 16.3. The molecule has 0 aliphatic carbocycles. The van der Waals surface area contributed by atoms with Crippen molar-refractivity contribution in [1.29, 1.82) is 0 Å². The minimum Gasteiger partial charge on any atom is -0.481 e. The van der Waals surface area contributed by atoms with E-state index in [4.69, 9.17) is 9.76 Å². The summed E-state index contributed by atoms with van der Waals surface area (Å²) in [5, 5.41) is 25.6. The molecule has 0 spiro atoms. The highest BCUT2D eigenvalue weighted by Crippen LogP contribution is 2.30. The molecule has 7 nitrogen and oxygen atoms in total. The molecule has 0 radical (unpaired) electrons. The molecule has 1 aromatic rings. The van der Waals surface area contributed by atoms with E-state index in [2.05, 4.69) is 22.8 Å². The number of hydrogen-bond donors (Lipinski definition) is 4. The van der Waals surface area contributed by atoms with Crippen LogP contribution in [0.25, 0.3) is 0 Å². The van der Waals surface area contributed by atoms with Crippen LogP contribution in [-0.2, 0) is 32.5 Å². The Kier molecular flexibility index (Phi) is 7.05. The summed E-state index contributed by atoms with van der Waals surface area (Å²) < 4.78 is 18.0. The van der Waals surface area contributed by atoms with Gasteiger partial charge in [-0.1, -0.05) is 18.2 Å². The minimum atomic E-state index is -1.11. The lowest BCUT2D eigenvalue weighted by atomic mass is 9.68. The van der Waals surface area contributed by atoms with Gasteiger partial charge in [-0.05, 0) is 36.6 Å². The maximum Gasteiger partial charge on any atom is 0.458 e. The van der Waals surface area contributed by atoms with Crippen molar-refractivity contribution in [2.45, 2.75) is 49.5 Å². The molecule has 148 valence electrons. The molecule has 2 aliphatic heterocycles. The standard InChI is InChI=1S/C18H27BN2O5S/c1-20-9-17-16-5-2-12(6-13(16)8-21-17)10-27(25)11-14-3-4-15(7-18(22)23)26-19(14)24/h2,5-6,14-15,17,20-21,24H,3-4,7-11H2,1H3,(H,22,23)/t14-,15+,17?,27?/m1/s1.